The number of fused-ring (bicyclic) bond motifs is 3. The van der Waals surface area contributed by atoms with Gasteiger partial charge in [0.05, 0.1) is 5.69 Å². The normalized spacial score (nSPS) is 15.1. The van der Waals surface area contributed by atoms with E-state index in [9.17, 15) is 17.6 Å². The summed E-state index contributed by atoms with van der Waals surface area (Å²) in [6.07, 6.45) is -1.66. The Hall–Kier alpha value is -4.54. The third kappa shape index (κ3) is 4.09. The molecule has 1 aliphatic heterocycles. The Balaban J connectivity index is 1.44. The Bertz CT molecular complexity index is 1630. The molecule has 3 aromatic heterocycles. The summed E-state index contributed by atoms with van der Waals surface area (Å²) in [4.78, 5) is 21.1. The predicted molar refractivity (Wildman–Crippen MR) is 129 cm³/mol. The lowest BCUT2D eigenvalue weighted by Gasteiger charge is -2.37. The molecule has 0 radical (unpaired) electrons. The van der Waals surface area contributed by atoms with Crippen LogP contribution in [0.2, 0.25) is 0 Å². The van der Waals surface area contributed by atoms with E-state index in [0.717, 1.165) is 0 Å². The fourth-order valence-corrected chi connectivity index (χ4v) is 4.83. The van der Waals surface area contributed by atoms with Crippen molar-refractivity contribution in [2.24, 2.45) is 0 Å². The first-order valence-electron chi connectivity index (χ1n) is 11.6. The van der Waals surface area contributed by atoms with Crippen molar-refractivity contribution in [2.45, 2.75) is 31.5 Å². The minimum absolute atomic E-state index is 0.0593. The van der Waals surface area contributed by atoms with Gasteiger partial charge < -0.3 is 14.5 Å². The van der Waals surface area contributed by atoms with Gasteiger partial charge in [-0.3, -0.25) is 0 Å². The molecule has 0 amide bonds. The molecule has 38 heavy (non-hydrogen) atoms. The summed E-state index contributed by atoms with van der Waals surface area (Å²) in [7, 11) is 0. The van der Waals surface area contributed by atoms with Crippen LogP contribution in [0.3, 0.4) is 0 Å². The molecule has 1 atom stereocenters. The molecule has 1 aliphatic rings. The van der Waals surface area contributed by atoms with Gasteiger partial charge in [0.25, 0.3) is 0 Å². The number of nitrogens with one attached hydrogen (secondary N) is 1. The Kier molecular flexibility index (Phi) is 5.33. The lowest BCUT2D eigenvalue weighted by atomic mass is 9.69. The Morgan fingerprint density at radius 1 is 0.895 bits per heavy atom. The molecule has 6 rings (SSSR count). The quantitative estimate of drug-likeness (QED) is 0.266. The molecule has 0 fully saturated rings. The summed E-state index contributed by atoms with van der Waals surface area (Å²) in [5.41, 5.74) is 2.61. The van der Waals surface area contributed by atoms with Gasteiger partial charge in [0.1, 0.15) is 11.6 Å². The summed E-state index contributed by atoms with van der Waals surface area (Å²) in [5, 5.41) is 0. The number of halogens is 4. The highest BCUT2D eigenvalue weighted by molar-refractivity contribution is 5.66. The molecule has 192 valence electrons. The predicted octanol–water partition coefficient (Wildman–Crippen LogP) is 6.67. The molecule has 1 N–H and O–H groups in total. The fourth-order valence-electron chi connectivity index (χ4n) is 4.83. The number of benzene rings is 2. The average Bonchev–Trinajstić information content (AvgIpc) is 3.32. The highest BCUT2D eigenvalue weighted by atomic mass is 19.4. The molecule has 0 aliphatic carbocycles. The van der Waals surface area contributed by atoms with Crippen LogP contribution in [0.4, 0.5) is 17.6 Å². The Morgan fingerprint density at radius 2 is 1.66 bits per heavy atom. The van der Waals surface area contributed by atoms with E-state index >= 15 is 0 Å². The number of rotatable bonds is 4. The first kappa shape index (κ1) is 23.8. The summed E-state index contributed by atoms with van der Waals surface area (Å²) in [5.74, 6) is -0.436. The molecule has 0 unspecified atom stereocenters. The van der Waals surface area contributed by atoms with E-state index in [1.165, 1.54) is 30.3 Å². The minimum atomic E-state index is -4.79. The zero-order valence-corrected chi connectivity index (χ0v) is 20.0. The molecule has 11 heteroatoms. The molecule has 0 saturated carbocycles. The third-order valence-corrected chi connectivity index (χ3v) is 6.56. The van der Waals surface area contributed by atoms with Gasteiger partial charge in [0, 0.05) is 40.4 Å². The molecule has 0 saturated heterocycles. The van der Waals surface area contributed by atoms with E-state index in [-0.39, 0.29) is 17.4 Å². The van der Waals surface area contributed by atoms with E-state index in [1.54, 1.807) is 30.6 Å². The number of imidazole rings is 1. The van der Waals surface area contributed by atoms with E-state index < -0.39 is 23.5 Å². The lowest BCUT2D eigenvalue weighted by Crippen LogP contribution is -2.32. The number of hydrogen-bond acceptors (Lipinski definition) is 6. The van der Waals surface area contributed by atoms with Crippen LogP contribution in [-0.4, -0.2) is 31.3 Å². The van der Waals surface area contributed by atoms with Gasteiger partial charge in [0.2, 0.25) is 5.88 Å². The van der Waals surface area contributed by atoms with Crippen molar-refractivity contribution in [1.82, 2.24) is 24.9 Å². The van der Waals surface area contributed by atoms with E-state index in [4.69, 9.17) is 4.74 Å². The number of nitrogens with zero attached hydrogens (tertiary/aromatic N) is 4. The van der Waals surface area contributed by atoms with Crippen LogP contribution in [0.15, 0.2) is 67.0 Å². The summed E-state index contributed by atoms with van der Waals surface area (Å²) in [6, 6.07) is 13.6. The van der Waals surface area contributed by atoms with Crippen LogP contribution >= 0.6 is 0 Å². The topological polar surface area (TPSA) is 85.8 Å². The van der Waals surface area contributed by atoms with Crippen LogP contribution in [0.5, 0.6) is 17.4 Å². The van der Waals surface area contributed by atoms with Crippen molar-refractivity contribution in [3.63, 3.8) is 0 Å². The van der Waals surface area contributed by atoms with Crippen LogP contribution in [-0.2, 0) is 5.41 Å². The van der Waals surface area contributed by atoms with Crippen molar-refractivity contribution in [3.8, 4) is 28.6 Å². The van der Waals surface area contributed by atoms with Gasteiger partial charge in [-0.15, -0.1) is 13.2 Å². The van der Waals surface area contributed by atoms with E-state index in [1.807, 2.05) is 19.9 Å². The van der Waals surface area contributed by atoms with E-state index in [2.05, 4.69) is 29.7 Å². The molecule has 0 bridgehead atoms. The number of para-hydroxylation sites is 1. The van der Waals surface area contributed by atoms with Crippen molar-refractivity contribution in [2.75, 3.05) is 0 Å². The van der Waals surface area contributed by atoms with Gasteiger partial charge in [-0.1, -0.05) is 32.0 Å². The van der Waals surface area contributed by atoms with Crippen LogP contribution < -0.4 is 9.47 Å². The smallest absolute Gasteiger partial charge is 0.435 e. The lowest BCUT2D eigenvalue weighted by molar-refractivity contribution is -0.274. The van der Waals surface area contributed by atoms with Gasteiger partial charge in [-0.25, -0.2) is 24.3 Å². The van der Waals surface area contributed by atoms with Crippen molar-refractivity contribution in [1.29, 1.82) is 0 Å². The molecule has 2 aromatic carbocycles. The zero-order valence-electron chi connectivity index (χ0n) is 20.0. The number of hydrogen-bond donors (Lipinski definition) is 1. The van der Waals surface area contributed by atoms with E-state index in [0.29, 0.717) is 39.5 Å². The Labute approximate surface area is 213 Å². The van der Waals surface area contributed by atoms with Gasteiger partial charge in [-0.2, -0.15) is 0 Å². The van der Waals surface area contributed by atoms with Crippen molar-refractivity contribution in [3.05, 3.63) is 89.8 Å². The molecule has 5 aromatic rings. The molecule has 4 heterocycles. The van der Waals surface area contributed by atoms with Crippen LogP contribution in [0, 0.1) is 5.82 Å². The first-order valence-corrected chi connectivity index (χ1v) is 11.6. The Morgan fingerprint density at radius 3 is 2.39 bits per heavy atom. The number of pyridine rings is 1. The second-order valence-electron chi connectivity index (χ2n) is 9.39. The number of aromatic amines is 1. The van der Waals surface area contributed by atoms with Gasteiger partial charge in [0.15, 0.2) is 22.9 Å². The second kappa shape index (κ2) is 8.51. The highest BCUT2D eigenvalue weighted by Gasteiger charge is 2.43. The zero-order chi connectivity index (χ0) is 26.7. The first-order chi connectivity index (χ1) is 18.1. The third-order valence-electron chi connectivity index (χ3n) is 6.56. The summed E-state index contributed by atoms with van der Waals surface area (Å²) in [6.45, 7) is 3.96. The molecular formula is C27H19F4N5O2. The minimum Gasteiger partial charge on any atom is -0.435 e. The standard InChI is InChI=1S/C27H19F4N5O2/c1-26(2,25-35-22-23(36-25)33-13-12-32-22)20-16-4-3-5-18(28)21(16)37-24-17(20)10-11-19(34-24)14-6-8-15(9-7-14)38-27(29,30)31/h3-13,20H,1-2H3,(H,32,33,35,36)/t20-/m0/s1. The average molecular weight is 521 g/mol. The number of ether oxygens (including phenoxy) is 2. The highest BCUT2D eigenvalue weighted by Crippen LogP contribution is 2.52. The van der Waals surface area contributed by atoms with Crippen molar-refractivity contribution >= 4 is 11.3 Å². The summed E-state index contributed by atoms with van der Waals surface area (Å²) < 4.78 is 62.5. The second-order valence-corrected chi connectivity index (χ2v) is 9.39. The van der Waals surface area contributed by atoms with Crippen LogP contribution in [0.1, 0.15) is 36.7 Å². The number of H-pyrrole nitrogens is 1. The molecule has 7 nitrogen and oxygen atoms in total. The SMILES string of the molecule is CC(C)(c1nc2nccnc2[nH]1)[C@@H]1c2ccc(-c3ccc(OC(F)(F)F)cc3)nc2Oc2c(F)cccc21. The monoisotopic (exact) mass is 521 g/mol. The fraction of sp³-hybridized carbons (Fsp3) is 0.185. The maximum atomic E-state index is 15.0. The maximum absolute atomic E-state index is 15.0. The molecule has 0 spiro atoms. The molecular weight excluding hydrogens is 502 g/mol. The van der Waals surface area contributed by atoms with Gasteiger partial charge >= 0.3 is 6.36 Å². The van der Waals surface area contributed by atoms with Gasteiger partial charge in [-0.05, 0) is 36.4 Å². The van der Waals surface area contributed by atoms with Crippen molar-refractivity contribution < 1.29 is 27.0 Å². The summed E-state index contributed by atoms with van der Waals surface area (Å²) >= 11 is 0. The number of alkyl halides is 3. The van der Waals surface area contributed by atoms with Crippen LogP contribution in [0.25, 0.3) is 22.6 Å². The number of aromatic nitrogens is 5. The largest absolute Gasteiger partial charge is 0.573 e. The maximum Gasteiger partial charge on any atom is 0.573 e.